The van der Waals surface area contributed by atoms with Gasteiger partial charge in [0.05, 0.1) is 11.2 Å². The Morgan fingerprint density at radius 1 is 1.32 bits per heavy atom. The van der Waals surface area contributed by atoms with Crippen LogP contribution in [0.2, 0.25) is 5.02 Å². The lowest BCUT2D eigenvalue weighted by molar-refractivity contribution is 1.02. The lowest BCUT2D eigenvalue weighted by atomic mass is 10.4. The van der Waals surface area contributed by atoms with Gasteiger partial charge in [-0.25, -0.2) is 15.8 Å². The number of nitrogen functional groups attached to an aromatic ring is 1. The molecule has 0 unspecified atom stereocenters. The van der Waals surface area contributed by atoms with Gasteiger partial charge in [0.25, 0.3) is 0 Å². The van der Waals surface area contributed by atoms with Crippen molar-refractivity contribution in [1.82, 2.24) is 14.4 Å². The Hall–Kier alpha value is -1.76. The summed E-state index contributed by atoms with van der Waals surface area (Å²) < 4.78 is 1.86. The van der Waals surface area contributed by atoms with Crippen LogP contribution in [0.15, 0.2) is 52.8 Å². The number of hydrazine groups is 1. The average molecular weight is 292 g/mol. The minimum absolute atomic E-state index is 0.569. The maximum Gasteiger partial charge on any atom is 0.170 e. The van der Waals surface area contributed by atoms with Crippen LogP contribution in [0.1, 0.15) is 0 Å². The number of halogens is 1. The van der Waals surface area contributed by atoms with E-state index in [9.17, 15) is 0 Å². The maximum absolute atomic E-state index is 6.16. The molecule has 0 saturated heterocycles. The molecule has 19 heavy (non-hydrogen) atoms. The van der Waals surface area contributed by atoms with Gasteiger partial charge in [-0.1, -0.05) is 35.5 Å². The first-order valence-corrected chi connectivity index (χ1v) is 6.70. The molecule has 0 spiro atoms. The molecule has 0 saturated carbocycles. The zero-order valence-corrected chi connectivity index (χ0v) is 11.3. The Morgan fingerprint density at radius 3 is 2.95 bits per heavy atom. The van der Waals surface area contributed by atoms with E-state index in [1.54, 1.807) is 12.4 Å². The highest BCUT2D eigenvalue weighted by atomic mass is 35.5. The second-order valence-corrected chi connectivity index (χ2v) is 5.20. The fourth-order valence-electron chi connectivity index (χ4n) is 1.67. The summed E-state index contributed by atoms with van der Waals surface area (Å²) in [6, 6.07) is 7.61. The molecule has 0 amide bonds. The van der Waals surface area contributed by atoms with Gasteiger partial charge in [-0.3, -0.25) is 0 Å². The van der Waals surface area contributed by atoms with Crippen LogP contribution in [0.3, 0.4) is 0 Å². The van der Waals surface area contributed by atoms with Crippen molar-refractivity contribution >= 4 is 34.8 Å². The summed E-state index contributed by atoms with van der Waals surface area (Å²) in [5, 5.41) is 1.43. The highest BCUT2D eigenvalue weighted by Crippen LogP contribution is 2.34. The third-order valence-corrected chi connectivity index (χ3v) is 4.02. The van der Waals surface area contributed by atoms with Crippen molar-refractivity contribution in [3.8, 4) is 0 Å². The molecule has 3 aromatic rings. The zero-order valence-electron chi connectivity index (χ0n) is 9.75. The van der Waals surface area contributed by atoms with Crippen molar-refractivity contribution in [2.24, 2.45) is 5.84 Å². The Kier molecular flexibility index (Phi) is 3.29. The van der Waals surface area contributed by atoms with E-state index in [1.165, 1.54) is 11.8 Å². The summed E-state index contributed by atoms with van der Waals surface area (Å²) in [7, 11) is 0. The monoisotopic (exact) mass is 291 g/mol. The van der Waals surface area contributed by atoms with Crippen molar-refractivity contribution in [2.75, 3.05) is 5.43 Å². The van der Waals surface area contributed by atoms with Crippen molar-refractivity contribution in [3.05, 3.63) is 47.9 Å². The van der Waals surface area contributed by atoms with Gasteiger partial charge in [-0.05, 0) is 12.1 Å². The van der Waals surface area contributed by atoms with Gasteiger partial charge in [0, 0.05) is 17.3 Å². The van der Waals surface area contributed by atoms with Crippen LogP contribution < -0.4 is 11.3 Å². The molecular formula is C12H10ClN5S. The third kappa shape index (κ3) is 2.37. The number of rotatable bonds is 3. The fraction of sp³-hybridized carbons (Fsp3) is 0. The first-order chi connectivity index (χ1) is 9.28. The van der Waals surface area contributed by atoms with Crippen LogP contribution in [-0.2, 0) is 0 Å². The molecular weight excluding hydrogens is 282 g/mol. The number of fused-ring (bicyclic) bond motifs is 1. The Balaban J connectivity index is 2.09. The van der Waals surface area contributed by atoms with Crippen molar-refractivity contribution in [3.63, 3.8) is 0 Å². The van der Waals surface area contributed by atoms with Crippen LogP contribution in [0.4, 0.5) is 5.82 Å². The molecule has 0 aliphatic heterocycles. The van der Waals surface area contributed by atoms with E-state index >= 15 is 0 Å². The van der Waals surface area contributed by atoms with Gasteiger partial charge >= 0.3 is 0 Å². The molecule has 2 aromatic heterocycles. The van der Waals surface area contributed by atoms with Gasteiger partial charge in [-0.2, -0.15) is 0 Å². The Labute approximate surface area is 118 Å². The number of hydrogen-bond acceptors (Lipinski definition) is 5. The molecule has 0 aliphatic carbocycles. The van der Waals surface area contributed by atoms with Gasteiger partial charge in [0.1, 0.15) is 5.03 Å². The topological polar surface area (TPSA) is 68.2 Å². The van der Waals surface area contributed by atoms with E-state index in [-0.39, 0.29) is 0 Å². The number of hydrogen-bond donors (Lipinski definition) is 2. The van der Waals surface area contributed by atoms with Crippen LogP contribution in [0.25, 0.3) is 5.65 Å². The molecule has 0 fully saturated rings. The van der Waals surface area contributed by atoms with E-state index < -0.39 is 0 Å². The molecule has 0 aliphatic rings. The van der Waals surface area contributed by atoms with Crippen LogP contribution >= 0.6 is 23.4 Å². The molecule has 96 valence electrons. The maximum atomic E-state index is 6.16. The van der Waals surface area contributed by atoms with Gasteiger partial charge in [0.2, 0.25) is 0 Å². The predicted molar refractivity (Wildman–Crippen MR) is 76.4 cm³/mol. The normalized spacial score (nSPS) is 10.8. The third-order valence-electron chi connectivity index (χ3n) is 2.53. The summed E-state index contributed by atoms with van der Waals surface area (Å²) in [6.45, 7) is 0. The van der Waals surface area contributed by atoms with E-state index in [1.807, 2.05) is 34.9 Å². The van der Waals surface area contributed by atoms with Crippen molar-refractivity contribution in [1.29, 1.82) is 0 Å². The van der Waals surface area contributed by atoms with Crippen molar-refractivity contribution < 1.29 is 0 Å². The second-order valence-electron chi connectivity index (χ2n) is 3.77. The molecule has 3 rings (SSSR count). The number of nitrogens with two attached hydrogens (primary N) is 1. The van der Waals surface area contributed by atoms with E-state index in [2.05, 4.69) is 15.4 Å². The summed E-state index contributed by atoms with van der Waals surface area (Å²) in [5.41, 5.74) is 3.31. The van der Waals surface area contributed by atoms with Crippen LogP contribution in [0.5, 0.6) is 0 Å². The first kappa shape index (κ1) is 12.3. The molecule has 5 nitrogen and oxygen atoms in total. The molecule has 7 heteroatoms. The zero-order chi connectivity index (χ0) is 13.2. The molecule has 2 heterocycles. The van der Waals surface area contributed by atoms with E-state index in [4.69, 9.17) is 17.4 Å². The summed E-state index contributed by atoms with van der Waals surface area (Å²) in [4.78, 5) is 9.63. The smallest absolute Gasteiger partial charge is 0.170 e. The van der Waals surface area contributed by atoms with Gasteiger partial charge in [0.15, 0.2) is 11.5 Å². The minimum Gasteiger partial charge on any atom is -0.307 e. The fourth-order valence-corrected chi connectivity index (χ4v) is 2.84. The van der Waals surface area contributed by atoms with Crippen LogP contribution in [-0.4, -0.2) is 14.4 Å². The molecule has 0 radical (unpaired) electrons. The van der Waals surface area contributed by atoms with E-state index in [0.717, 1.165) is 15.6 Å². The number of benzene rings is 1. The highest BCUT2D eigenvalue weighted by molar-refractivity contribution is 7.99. The molecule has 0 bridgehead atoms. The number of imidazole rings is 1. The van der Waals surface area contributed by atoms with E-state index in [0.29, 0.717) is 10.8 Å². The Morgan fingerprint density at radius 2 is 2.16 bits per heavy atom. The average Bonchev–Trinajstić information content (AvgIpc) is 2.89. The number of anilines is 1. The highest BCUT2D eigenvalue weighted by Gasteiger charge is 2.10. The predicted octanol–water partition coefficient (Wildman–Crippen LogP) is 2.82. The largest absolute Gasteiger partial charge is 0.307 e. The Bertz CT molecular complexity index is 727. The van der Waals surface area contributed by atoms with Crippen LogP contribution in [0, 0.1) is 0 Å². The van der Waals surface area contributed by atoms with Gasteiger partial charge in [-0.15, -0.1) is 0 Å². The van der Waals surface area contributed by atoms with Gasteiger partial charge < -0.3 is 9.83 Å². The first-order valence-electron chi connectivity index (χ1n) is 5.50. The molecule has 0 atom stereocenters. The summed E-state index contributed by atoms with van der Waals surface area (Å²) >= 11 is 7.61. The summed E-state index contributed by atoms with van der Waals surface area (Å²) in [6.07, 6.45) is 5.33. The lowest BCUT2D eigenvalue weighted by Crippen LogP contribution is -2.10. The van der Waals surface area contributed by atoms with Crippen molar-refractivity contribution in [2.45, 2.75) is 9.92 Å². The number of nitrogens with zero attached hydrogens (tertiary/aromatic N) is 3. The second kappa shape index (κ2) is 5.08. The molecule has 1 aromatic carbocycles. The molecule has 3 N–H and O–H groups in total. The number of nitrogens with one attached hydrogen (secondary N) is 1. The SMILES string of the molecule is NNc1cn2ccnc2c(Sc2ccccc2Cl)n1. The summed E-state index contributed by atoms with van der Waals surface area (Å²) in [5.74, 6) is 5.99. The quantitative estimate of drug-likeness (QED) is 0.574. The number of aromatic nitrogens is 3. The lowest BCUT2D eigenvalue weighted by Gasteiger charge is -2.07. The standard InChI is InChI=1S/C12H10ClN5S/c13-8-3-1-2-4-9(8)19-12-11-15-5-6-18(11)7-10(16-12)17-14/h1-7,17H,14H2. The minimum atomic E-state index is 0.569.